The molecule has 0 saturated heterocycles. The van der Waals surface area contributed by atoms with Gasteiger partial charge in [0, 0.05) is 7.05 Å². The fourth-order valence-electron chi connectivity index (χ4n) is 0.865. The van der Waals surface area contributed by atoms with Crippen LogP contribution in [0.2, 0.25) is 0 Å². The summed E-state index contributed by atoms with van der Waals surface area (Å²) in [6.07, 6.45) is 0. The first-order valence-electron chi connectivity index (χ1n) is 3.67. The lowest BCUT2D eigenvalue weighted by molar-refractivity contribution is 0.0696. The van der Waals surface area contributed by atoms with Crippen LogP contribution in [-0.2, 0) is 0 Å². The van der Waals surface area contributed by atoms with Gasteiger partial charge >= 0.3 is 5.97 Å². The highest BCUT2D eigenvalue weighted by Gasteiger charge is 2.11. The Hall–Kier alpha value is -1.43. The van der Waals surface area contributed by atoms with E-state index in [9.17, 15) is 9.59 Å². The molecule has 0 spiro atoms. The standard InChI is InChI=1S/C8H7BrN2O3/c1-10-7(12)5-2-4(8(13)14)3-6(9)11-5/h2-3H,1H3,(H,10,12)(H,13,14). The van der Waals surface area contributed by atoms with Gasteiger partial charge in [0.05, 0.1) is 5.56 Å². The maximum atomic E-state index is 11.2. The summed E-state index contributed by atoms with van der Waals surface area (Å²) in [5.74, 6) is -1.52. The highest BCUT2D eigenvalue weighted by molar-refractivity contribution is 9.10. The predicted octanol–water partition coefficient (Wildman–Crippen LogP) is 0.902. The Kier molecular flexibility index (Phi) is 3.19. The number of hydrogen-bond acceptors (Lipinski definition) is 3. The Morgan fingerprint density at radius 1 is 1.50 bits per heavy atom. The number of pyridine rings is 1. The van der Waals surface area contributed by atoms with Crippen molar-refractivity contribution in [3.05, 3.63) is 28.0 Å². The van der Waals surface area contributed by atoms with Gasteiger partial charge in [-0.05, 0) is 28.1 Å². The number of nitrogens with zero attached hydrogens (tertiary/aromatic N) is 1. The third kappa shape index (κ3) is 2.29. The van der Waals surface area contributed by atoms with Crippen molar-refractivity contribution in [3.8, 4) is 0 Å². The molecule has 1 heterocycles. The van der Waals surface area contributed by atoms with Crippen LogP contribution in [0.15, 0.2) is 16.7 Å². The number of carbonyl (C=O) groups excluding carboxylic acids is 1. The van der Waals surface area contributed by atoms with Crippen LogP contribution in [0.3, 0.4) is 0 Å². The maximum Gasteiger partial charge on any atom is 0.335 e. The van der Waals surface area contributed by atoms with E-state index < -0.39 is 11.9 Å². The highest BCUT2D eigenvalue weighted by atomic mass is 79.9. The lowest BCUT2D eigenvalue weighted by atomic mass is 10.2. The van der Waals surface area contributed by atoms with Crippen molar-refractivity contribution in [2.75, 3.05) is 7.05 Å². The summed E-state index contributed by atoms with van der Waals surface area (Å²) in [4.78, 5) is 25.6. The van der Waals surface area contributed by atoms with Crippen molar-refractivity contribution in [1.82, 2.24) is 10.3 Å². The van der Waals surface area contributed by atoms with Gasteiger partial charge in [-0.3, -0.25) is 4.79 Å². The fraction of sp³-hybridized carbons (Fsp3) is 0.125. The van der Waals surface area contributed by atoms with Crippen molar-refractivity contribution in [2.45, 2.75) is 0 Å². The number of amides is 1. The molecule has 0 fully saturated rings. The zero-order valence-electron chi connectivity index (χ0n) is 7.24. The van der Waals surface area contributed by atoms with E-state index in [0.717, 1.165) is 0 Å². The molecule has 0 aliphatic carbocycles. The monoisotopic (exact) mass is 258 g/mol. The molecule has 0 aliphatic heterocycles. The molecule has 6 heteroatoms. The number of aromatic carboxylic acids is 1. The minimum absolute atomic E-state index is 0.0190. The SMILES string of the molecule is CNC(=O)c1cc(C(=O)O)cc(Br)n1. The highest BCUT2D eigenvalue weighted by Crippen LogP contribution is 2.11. The summed E-state index contributed by atoms with van der Waals surface area (Å²) in [5.41, 5.74) is 0.0877. The van der Waals surface area contributed by atoms with E-state index in [4.69, 9.17) is 5.11 Å². The lowest BCUT2D eigenvalue weighted by Gasteiger charge is -2.01. The Bertz CT molecular complexity index is 392. The van der Waals surface area contributed by atoms with E-state index in [1.165, 1.54) is 19.2 Å². The average Bonchev–Trinajstić information content (AvgIpc) is 2.15. The molecular formula is C8H7BrN2O3. The molecule has 0 bridgehead atoms. The normalized spacial score (nSPS) is 9.57. The summed E-state index contributed by atoms with van der Waals surface area (Å²) < 4.78 is 0.316. The van der Waals surface area contributed by atoms with Gasteiger partial charge in [-0.1, -0.05) is 0 Å². The van der Waals surface area contributed by atoms with Crippen LogP contribution in [-0.4, -0.2) is 29.0 Å². The van der Waals surface area contributed by atoms with Crippen LogP contribution in [0.1, 0.15) is 20.8 Å². The Balaban J connectivity index is 3.20. The zero-order chi connectivity index (χ0) is 10.7. The van der Waals surface area contributed by atoms with Gasteiger partial charge in [-0.25, -0.2) is 9.78 Å². The van der Waals surface area contributed by atoms with Crippen molar-refractivity contribution in [2.24, 2.45) is 0 Å². The van der Waals surface area contributed by atoms with Gasteiger partial charge in [-0.2, -0.15) is 0 Å². The third-order valence-corrected chi connectivity index (χ3v) is 1.91. The molecule has 74 valence electrons. The number of nitrogens with one attached hydrogen (secondary N) is 1. The van der Waals surface area contributed by atoms with E-state index in [2.05, 4.69) is 26.2 Å². The minimum atomic E-state index is -1.10. The number of rotatable bonds is 2. The number of carboxylic acids is 1. The molecule has 1 aromatic heterocycles. The molecule has 14 heavy (non-hydrogen) atoms. The minimum Gasteiger partial charge on any atom is -0.478 e. The van der Waals surface area contributed by atoms with Gasteiger partial charge in [0.15, 0.2) is 0 Å². The summed E-state index contributed by atoms with van der Waals surface area (Å²) >= 11 is 3.02. The molecule has 5 nitrogen and oxygen atoms in total. The van der Waals surface area contributed by atoms with E-state index >= 15 is 0 Å². The number of carbonyl (C=O) groups is 2. The second kappa shape index (κ2) is 4.19. The average molecular weight is 259 g/mol. The van der Waals surface area contributed by atoms with E-state index in [-0.39, 0.29) is 11.3 Å². The summed E-state index contributed by atoms with van der Waals surface area (Å²) in [6.45, 7) is 0. The van der Waals surface area contributed by atoms with E-state index in [0.29, 0.717) is 4.60 Å². The van der Waals surface area contributed by atoms with Crippen LogP contribution in [0.4, 0.5) is 0 Å². The van der Waals surface area contributed by atoms with Crippen molar-refractivity contribution in [1.29, 1.82) is 0 Å². The van der Waals surface area contributed by atoms with Gasteiger partial charge in [0.2, 0.25) is 0 Å². The second-order valence-electron chi connectivity index (χ2n) is 2.45. The van der Waals surface area contributed by atoms with Gasteiger partial charge in [0.1, 0.15) is 10.3 Å². The molecule has 1 aromatic rings. The number of hydrogen-bond donors (Lipinski definition) is 2. The predicted molar refractivity (Wildman–Crippen MR) is 52.3 cm³/mol. The quantitative estimate of drug-likeness (QED) is 0.773. The number of carboxylic acid groups (broad SMARTS) is 1. The zero-order valence-corrected chi connectivity index (χ0v) is 8.83. The maximum absolute atomic E-state index is 11.2. The topological polar surface area (TPSA) is 79.3 Å². The molecule has 0 radical (unpaired) electrons. The van der Waals surface area contributed by atoms with Crippen LogP contribution in [0.5, 0.6) is 0 Å². The molecule has 0 atom stereocenters. The molecule has 1 amide bonds. The first-order valence-corrected chi connectivity index (χ1v) is 4.47. The Morgan fingerprint density at radius 3 is 2.64 bits per heavy atom. The van der Waals surface area contributed by atoms with Crippen LogP contribution in [0.25, 0.3) is 0 Å². The van der Waals surface area contributed by atoms with E-state index in [1.54, 1.807) is 0 Å². The molecule has 0 unspecified atom stereocenters. The molecule has 0 aromatic carbocycles. The Labute approximate surface area is 88.3 Å². The second-order valence-corrected chi connectivity index (χ2v) is 3.26. The fourth-order valence-corrected chi connectivity index (χ4v) is 1.30. The van der Waals surface area contributed by atoms with Gasteiger partial charge in [0.25, 0.3) is 5.91 Å². The molecule has 0 saturated carbocycles. The first-order chi connectivity index (χ1) is 6.54. The summed E-state index contributed by atoms with van der Waals surface area (Å²) in [6, 6.07) is 2.54. The van der Waals surface area contributed by atoms with Gasteiger partial charge < -0.3 is 10.4 Å². The number of halogens is 1. The molecule has 1 rings (SSSR count). The van der Waals surface area contributed by atoms with Crippen LogP contribution >= 0.6 is 15.9 Å². The molecule has 2 N–H and O–H groups in total. The van der Waals surface area contributed by atoms with Crippen molar-refractivity contribution >= 4 is 27.8 Å². The summed E-state index contributed by atoms with van der Waals surface area (Å²) in [5, 5.41) is 11.1. The molecule has 0 aliphatic rings. The van der Waals surface area contributed by atoms with Gasteiger partial charge in [-0.15, -0.1) is 0 Å². The summed E-state index contributed by atoms with van der Waals surface area (Å²) in [7, 11) is 1.45. The van der Waals surface area contributed by atoms with E-state index in [1.807, 2.05) is 0 Å². The Morgan fingerprint density at radius 2 is 2.14 bits per heavy atom. The van der Waals surface area contributed by atoms with Crippen molar-refractivity contribution < 1.29 is 14.7 Å². The first kappa shape index (κ1) is 10.6. The van der Waals surface area contributed by atoms with Crippen LogP contribution < -0.4 is 5.32 Å². The lowest BCUT2D eigenvalue weighted by Crippen LogP contribution is -2.20. The smallest absolute Gasteiger partial charge is 0.335 e. The third-order valence-electron chi connectivity index (χ3n) is 1.50. The number of aromatic nitrogens is 1. The van der Waals surface area contributed by atoms with Crippen molar-refractivity contribution in [3.63, 3.8) is 0 Å². The van der Waals surface area contributed by atoms with Crippen LogP contribution in [0, 0.1) is 0 Å². The molecular weight excluding hydrogens is 252 g/mol. The largest absolute Gasteiger partial charge is 0.478 e.